The Morgan fingerprint density at radius 1 is 1.17 bits per heavy atom. The van der Waals surface area contributed by atoms with Crippen LogP contribution < -0.4 is 5.32 Å². The average molecular weight is 409 g/mol. The Morgan fingerprint density at radius 3 is 2.69 bits per heavy atom. The van der Waals surface area contributed by atoms with E-state index < -0.39 is 0 Å². The van der Waals surface area contributed by atoms with Crippen molar-refractivity contribution in [2.75, 3.05) is 6.54 Å². The van der Waals surface area contributed by atoms with Gasteiger partial charge < -0.3 is 5.32 Å². The lowest BCUT2D eigenvalue weighted by Gasteiger charge is -2.06. The van der Waals surface area contributed by atoms with Crippen LogP contribution in [-0.2, 0) is 6.54 Å². The summed E-state index contributed by atoms with van der Waals surface area (Å²) in [5, 5.41) is 12.3. The Hall–Kier alpha value is -3.19. The van der Waals surface area contributed by atoms with Crippen molar-refractivity contribution in [1.82, 2.24) is 29.7 Å². The van der Waals surface area contributed by atoms with E-state index in [4.69, 9.17) is 11.6 Å². The second-order valence-electron chi connectivity index (χ2n) is 6.92. The summed E-state index contributed by atoms with van der Waals surface area (Å²) in [7, 11) is 0. The number of halogens is 1. The number of carbonyl (C=O) groups excluding carboxylic acids is 1. The summed E-state index contributed by atoms with van der Waals surface area (Å²) in [6, 6.07) is 10.1. The van der Waals surface area contributed by atoms with Crippen molar-refractivity contribution in [2.24, 2.45) is 0 Å². The molecule has 0 radical (unpaired) electrons. The molecule has 0 atom stereocenters. The average Bonchev–Trinajstić information content (AvgIpc) is 3.29. The summed E-state index contributed by atoms with van der Waals surface area (Å²) < 4.78 is 3.49. The summed E-state index contributed by atoms with van der Waals surface area (Å²) in [4.78, 5) is 17.0. The number of nitrogens with one attached hydrogen (secondary N) is 1. The van der Waals surface area contributed by atoms with Crippen molar-refractivity contribution in [1.29, 1.82) is 0 Å². The predicted octanol–water partition coefficient (Wildman–Crippen LogP) is 3.68. The Bertz CT molecular complexity index is 1140. The van der Waals surface area contributed by atoms with Crippen LogP contribution in [0.15, 0.2) is 48.9 Å². The van der Waals surface area contributed by atoms with Crippen LogP contribution in [0.25, 0.3) is 16.9 Å². The van der Waals surface area contributed by atoms with E-state index in [1.807, 2.05) is 44.2 Å². The van der Waals surface area contributed by atoms with Gasteiger partial charge in [0.15, 0.2) is 5.65 Å². The maximum atomic E-state index is 12.6. The van der Waals surface area contributed by atoms with Gasteiger partial charge in [-0.2, -0.15) is 10.2 Å². The lowest BCUT2D eigenvalue weighted by molar-refractivity contribution is 0.0954. The highest BCUT2D eigenvalue weighted by Crippen LogP contribution is 2.21. The second kappa shape index (κ2) is 8.05. The number of nitrogens with zero attached hydrogens (tertiary/aromatic N) is 5. The molecular weight excluding hydrogens is 388 g/mol. The van der Waals surface area contributed by atoms with E-state index >= 15 is 0 Å². The van der Waals surface area contributed by atoms with Crippen molar-refractivity contribution in [3.63, 3.8) is 0 Å². The number of fused-ring (bicyclic) bond motifs is 1. The molecule has 0 unspecified atom stereocenters. The first-order valence-electron chi connectivity index (χ1n) is 9.40. The summed E-state index contributed by atoms with van der Waals surface area (Å²) in [5.74, 6) is -0.191. The maximum absolute atomic E-state index is 12.6. The zero-order valence-electron chi connectivity index (χ0n) is 16.3. The molecule has 7 nitrogen and oxygen atoms in total. The molecule has 0 saturated heterocycles. The number of hydrogen-bond donors (Lipinski definition) is 1. The van der Waals surface area contributed by atoms with E-state index in [1.165, 1.54) is 5.56 Å². The number of aromatic nitrogens is 5. The lowest BCUT2D eigenvalue weighted by Crippen LogP contribution is -2.25. The minimum Gasteiger partial charge on any atom is -0.352 e. The van der Waals surface area contributed by atoms with Gasteiger partial charge in [0.25, 0.3) is 5.91 Å². The smallest absolute Gasteiger partial charge is 0.256 e. The van der Waals surface area contributed by atoms with E-state index in [-0.39, 0.29) is 5.91 Å². The topological polar surface area (TPSA) is 77.1 Å². The molecule has 0 spiro atoms. The number of benzene rings is 1. The first-order valence-corrected chi connectivity index (χ1v) is 9.78. The van der Waals surface area contributed by atoms with Gasteiger partial charge in [0.05, 0.1) is 22.6 Å². The molecule has 0 bridgehead atoms. The Balaban J connectivity index is 1.45. The first kappa shape index (κ1) is 19.1. The molecule has 1 N–H and O–H groups in total. The number of amides is 1. The monoisotopic (exact) mass is 408 g/mol. The van der Waals surface area contributed by atoms with Crippen molar-refractivity contribution in [3.05, 3.63) is 70.8 Å². The van der Waals surface area contributed by atoms with Crippen LogP contribution in [0.2, 0.25) is 5.02 Å². The summed E-state index contributed by atoms with van der Waals surface area (Å²) in [6.07, 6.45) is 5.80. The molecule has 3 aromatic heterocycles. The van der Waals surface area contributed by atoms with E-state index in [2.05, 4.69) is 20.5 Å². The molecule has 0 fully saturated rings. The van der Waals surface area contributed by atoms with Crippen LogP contribution in [0.1, 0.15) is 28.0 Å². The highest BCUT2D eigenvalue weighted by atomic mass is 35.5. The molecule has 4 aromatic rings. The fraction of sp³-hybridized carbons (Fsp3) is 0.238. The van der Waals surface area contributed by atoms with E-state index in [0.29, 0.717) is 29.3 Å². The fourth-order valence-electron chi connectivity index (χ4n) is 3.14. The van der Waals surface area contributed by atoms with Gasteiger partial charge in [-0.15, -0.1) is 0 Å². The van der Waals surface area contributed by atoms with Crippen LogP contribution in [0.3, 0.4) is 0 Å². The molecule has 8 heteroatoms. The Labute approximate surface area is 173 Å². The first-order chi connectivity index (χ1) is 14.0. The van der Waals surface area contributed by atoms with Crippen LogP contribution in [0.5, 0.6) is 0 Å². The second-order valence-corrected chi connectivity index (χ2v) is 7.33. The Morgan fingerprint density at radius 2 is 1.97 bits per heavy atom. The maximum Gasteiger partial charge on any atom is 0.256 e. The Kier molecular flexibility index (Phi) is 5.31. The third-order valence-corrected chi connectivity index (χ3v) is 5.10. The minimum absolute atomic E-state index is 0.191. The zero-order chi connectivity index (χ0) is 20.4. The van der Waals surface area contributed by atoms with Gasteiger partial charge in [-0.3, -0.25) is 9.48 Å². The minimum atomic E-state index is -0.191. The van der Waals surface area contributed by atoms with E-state index in [1.54, 1.807) is 27.8 Å². The molecule has 4 rings (SSSR count). The van der Waals surface area contributed by atoms with E-state index in [9.17, 15) is 4.79 Å². The number of carbonyl (C=O) groups is 1. The molecule has 1 aromatic carbocycles. The SMILES string of the molecule is Cc1ccc(-c2ccnc3c(C(=O)NCCCn4cc(Cl)c(C)n4)cnn23)cc1. The molecular formula is C21H21ClN6O. The lowest BCUT2D eigenvalue weighted by atomic mass is 10.1. The van der Waals surface area contributed by atoms with Crippen LogP contribution in [-0.4, -0.2) is 36.8 Å². The standard InChI is InChI=1S/C21H21ClN6O/c1-14-4-6-16(7-5-14)19-8-10-23-20-17(12-25-28(19)20)21(29)24-9-3-11-27-13-18(22)15(2)26-27/h4-8,10,12-13H,3,9,11H2,1-2H3,(H,24,29). The van der Waals surface area contributed by atoms with Crippen LogP contribution in [0, 0.1) is 13.8 Å². The molecule has 0 aliphatic carbocycles. The van der Waals surface area contributed by atoms with Gasteiger partial charge in [0.1, 0.15) is 5.56 Å². The van der Waals surface area contributed by atoms with Gasteiger partial charge in [0, 0.05) is 31.0 Å². The van der Waals surface area contributed by atoms with Crippen molar-refractivity contribution >= 4 is 23.2 Å². The van der Waals surface area contributed by atoms with Gasteiger partial charge in [-0.1, -0.05) is 41.4 Å². The molecule has 1 amide bonds. The van der Waals surface area contributed by atoms with Crippen LogP contribution in [0.4, 0.5) is 0 Å². The summed E-state index contributed by atoms with van der Waals surface area (Å²) in [5.41, 5.74) is 4.89. The van der Waals surface area contributed by atoms with Crippen molar-refractivity contribution in [3.8, 4) is 11.3 Å². The molecule has 29 heavy (non-hydrogen) atoms. The third kappa shape index (κ3) is 4.00. The van der Waals surface area contributed by atoms with E-state index in [0.717, 1.165) is 23.4 Å². The highest BCUT2D eigenvalue weighted by molar-refractivity contribution is 6.31. The number of rotatable bonds is 6. The predicted molar refractivity (Wildman–Crippen MR) is 112 cm³/mol. The molecule has 0 saturated carbocycles. The summed E-state index contributed by atoms with van der Waals surface area (Å²) >= 11 is 6.01. The van der Waals surface area contributed by atoms with Crippen molar-refractivity contribution in [2.45, 2.75) is 26.8 Å². The van der Waals surface area contributed by atoms with Crippen LogP contribution >= 0.6 is 11.6 Å². The largest absolute Gasteiger partial charge is 0.352 e. The highest BCUT2D eigenvalue weighted by Gasteiger charge is 2.16. The zero-order valence-corrected chi connectivity index (χ0v) is 17.0. The molecule has 148 valence electrons. The van der Waals surface area contributed by atoms with Crippen molar-refractivity contribution < 1.29 is 4.79 Å². The fourth-order valence-corrected chi connectivity index (χ4v) is 3.29. The molecule has 0 aliphatic heterocycles. The van der Waals surface area contributed by atoms with Gasteiger partial charge in [0.2, 0.25) is 0 Å². The van der Waals surface area contributed by atoms with Gasteiger partial charge >= 0.3 is 0 Å². The normalized spacial score (nSPS) is 11.1. The summed E-state index contributed by atoms with van der Waals surface area (Å²) in [6.45, 7) is 5.11. The van der Waals surface area contributed by atoms with Gasteiger partial charge in [-0.25, -0.2) is 9.50 Å². The number of hydrogen-bond acceptors (Lipinski definition) is 4. The molecule has 0 aliphatic rings. The molecule has 3 heterocycles. The third-order valence-electron chi connectivity index (χ3n) is 4.73. The quantitative estimate of drug-likeness (QED) is 0.494. The number of aryl methyl sites for hydroxylation is 3. The van der Waals surface area contributed by atoms with Gasteiger partial charge in [-0.05, 0) is 26.3 Å².